The van der Waals surface area contributed by atoms with E-state index in [1.165, 1.54) is 0 Å². The van der Waals surface area contributed by atoms with Gasteiger partial charge in [0, 0.05) is 17.6 Å². The second-order valence-electron chi connectivity index (χ2n) is 5.59. The average molecular weight is 287 g/mol. The molecule has 1 atom stereocenters. The Hall–Kier alpha value is -1.20. The monoisotopic (exact) mass is 287 g/mol. The Morgan fingerprint density at radius 3 is 2.40 bits per heavy atom. The molecule has 0 saturated carbocycles. The predicted molar refractivity (Wildman–Crippen MR) is 75.4 cm³/mol. The van der Waals surface area contributed by atoms with Gasteiger partial charge in [-0.1, -0.05) is 18.2 Å². The lowest BCUT2D eigenvalue weighted by Crippen LogP contribution is -2.39. The van der Waals surface area contributed by atoms with Gasteiger partial charge in [-0.05, 0) is 26.8 Å². The van der Waals surface area contributed by atoms with Gasteiger partial charge in [-0.15, -0.1) is 0 Å². The Kier molecular flexibility index (Phi) is 6.36. The van der Waals surface area contributed by atoms with Crippen LogP contribution < -0.4 is 10.1 Å². The summed E-state index contributed by atoms with van der Waals surface area (Å²) in [5, 5.41) is 3.27. The summed E-state index contributed by atoms with van der Waals surface area (Å²) in [5.41, 5.74) is 0.654. The van der Waals surface area contributed by atoms with Crippen LogP contribution >= 0.6 is 0 Å². The van der Waals surface area contributed by atoms with E-state index < -0.39 is 19.1 Å². The molecule has 1 N–H and O–H groups in total. The van der Waals surface area contributed by atoms with Crippen molar-refractivity contribution in [3.63, 3.8) is 0 Å². The summed E-state index contributed by atoms with van der Waals surface area (Å²) in [6, 6.07) is 7.31. The van der Waals surface area contributed by atoms with E-state index in [2.05, 4.69) is 5.32 Å². The van der Waals surface area contributed by atoms with Crippen molar-refractivity contribution >= 4 is 0 Å². The maximum Gasteiger partial charge on any atom is 0.261 e. The van der Waals surface area contributed by atoms with Gasteiger partial charge in [0.2, 0.25) is 0 Å². The third kappa shape index (κ3) is 5.84. The quantitative estimate of drug-likeness (QED) is 0.833. The molecule has 0 radical (unpaired) electrons. The molecule has 0 aromatic heterocycles. The van der Waals surface area contributed by atoms with E-state index in [4.69, 9.17) is 9.47 Å². The Balaban J connectivity index is 2.85. The smallest absolute Gasteiger partial charge is 0.261 e. The first-order valence-corrected chi connectivity index (χ1v) is 6.61. The lowest BCUT2D eigenvalue weighted by Gasteiger charge is -2.26. The molecule has 0 spiro atoms. The summed E-state index contributed by atoms with van der Waals surface area (Å²) in [4.78, 5) is 0. The highest BCUT2D eigenvalue weighted by Gasteiger charge is 2.20. The molecule has 0 amide bonds. The van der Waals surface area contributed by atoms with E-state index in [-0.39, 0.29) is 5.54 Å². The standard InChI is InChI=1S/C15H23F2NO2/c1-15(2,3)18-9-13(20-10-14(16)17)11-7-5-6-8-12(11)19-4/h5-8,13-14,18H,9-10H2,1-4H3. The van der Waals surface area contributed by atoms with Gasteiger partial charge in [0.25, 0.3) is 6.43 Å². The van der Waals surface area contributed by atoms with Crippen LogP contribution in [0.15, 0.2) is 24.3 Å². The van der Waals surface area contributed by atoms with Crippen LogP contribution in [0.4, 0.5) is 8.78 Å². The molecule has 1 aromatic carbocycles. The van der Waals surface area contributed by atoms with Gasteiger partial charge < -0.3 is 14.8 Å². The molecule has 0 fully saturated rings. The molecule has 114 valence electrons. The maximum absolute atomic E-state index is 12.4. The number of halogens is 2. The second-order valence-corrected chi connectivity index (χ2v) is 5.59. The van der Waals surface area contributed by atoms with Crippen LogP contribution in [0, 0.1) is 0 Å². The Morgan fingerprint density at radius 2 is 1.85 bits per heavy atom. The van der Waals surface area contributed by atoms with Crippen molar-refractivity contribution in [1.29, 1.82) is 0 Å². The van der Waals surface area contributed by atoms with Crippen LogP contribution in [0.5, 0.6) is 5.75 Å². The molecule has 0 aliphatic carbocycles. The highest BCUT2D eigenvalue weighted by atomic mass is 19.3. The van der Waals surface area contributed by atoms with E-state index in [1.807, 2.05) is 39.0 Å². The summed E-state index contributed by atoms with van der Waals surface area (Å²) >= 11 is 0. The number of benzene rings is 1. The SMILES string of the molecule is COc1ccccc1C(CNC(C)(C)C)OCC(F)F. The highest BCUT2D eigenvalue weighted by Crippen LogP contribution is 2.27. The lowest BCUT2D eigenvalue weighted by atomic mass is 10.1. The van der Waals surface area contributed by atoms with Gasteiger partial charge in [0.15, 0.2) is 0 Å². The average Bonchev–Trinajstić information content (AvgIpc) is 2.37. The number of ether oxygens (including phenoxy) is 2. The zero-order valence-corrected chi connectivity index (χ0v) is 12.5. The van der Waals surface area contributed by atoms with Crippen LogP contribution in [0.25, 0.3) is 0 Å². The van der Waals surface area contributed by atoms with Crippen LogP contribution in [0.2, 0.25) is 0 Å². The number of para-hydroxylation sites is 1. The fourth-order valence-corrected chi connectivity index (χ4v) is 1.78. The predicted octanol–water partition coefficient (Wildman–Crippen LogP) is 3.41. The zero-order valence-electron chi connectivity index (χ0n) is 12.5. The van der Waals surface area contributed by atoms with Crippen LogP contribution in [-0.2, 0) is 4.74 Å². The van der Waals surface area contributed by atoms with Crippen molar-refractivity contribution in [1.82, 2.24) is 5.32 Å². The normalized spacial score (nSPS) is 13.6. The zero-order chi connectivity index (χ0) is 15.2. The van der Waals surface area contributed by atoms with Crippen molar-refractivity contribution in [2.45, 2.75) is 38.8 Å². The molecule has 0 saturated heterocycles. The third-order valence-electron chi connectivity index (χ3n) is 2.73. The molecule has 20 heavy (non-hydrogen) atoms. The number of hydrogen-bond acceptors (Lipinski definition) is 3. The van der Waals surface area contributed by atoms with E-state index >= 15 is 0 Å². The lowest BCUT2D eigenvalue weighted by molar-refractivity contribution is -0.0270. The number of hydrogen-bond donors (Lipinski definition) is 1. The molecule has 0 aliphatic rings. The highest BCUT2D eigenvalue weighted by molar-refractivity contribution is 5.35. The number of alkyl halides is 2. The molecule has 1 rings (SSSR count). The molecule has 1 aromatic rings. The molecule has 0 heterocycles. The van der Waals surface area contributed by atoms with Crippen molar-refractivity contribution < 1.29 is 18.3 Å². The first kappa shape index (κ1) is 16.9. The molecular weight excluding hydrogens is 264 g/mol. The summed E-state index contributed by atoms with van der Waals surface area (Å²) in [7, 11) is 1.56. The minimum atomic E-state index is -2.48. The molecule has 1 unspecified atom stereocenters. The fourth-order valence-electron chi connectivity index (χ4n) is 1.78. The minimum Gasteiger partial charge on any atom is -0.496 e. The number of nitrogens with one attached hydrogen (secondary N) is 1. The molecule has 0 aliphatic heterocycles. The fraction of sp³-hybridized carbons (Fsp3) is 0.600. The molecule has 3 nitrogen and oxygen atoms in total. The first-order chi connectivity index (χ1) is 9.33. The Labute approximate surface area is 119 Å². The minimum absolute atomic E-state index is 0.117. The molecule has 5 heteroatoms. The molecule has 0 bridgehead atoms. The van der Waals surface area contributed by atoms with Gasteiger partial charge in [-0.2, -0.15) is 0 Å². The van der Waals surface area contributed by atoms with E-state index in [0.29, 0.717) is 12.3 Å². The van der Waals surface area contributed by atoms with Gasteiger partial charge in [-0.3, -0.25) is 0 Å². The maximum atomic E-state index is 12.4. The Bertz CT molecular complexity index is 405. The summed E-state index contributed by atoms with van der Waals surface area (Å²) in [6.45, 7) is 5.89. The topological polar surface area (TPSA) is 30.5 Å². The van der Waals surface area contributed by atoms with Crippen molar-refractivity contribution in [2.24, 2.45) is 0 Å². The molecular formula is C15H23F2NO2. The largest absolute Gasteiger partial charge is 0.496 e. The van der Waals surface area contributed by atoms with Gasteiger partial charge >= 0.3 is 0 Å². The van der Waals surface area contributed by atoms with Crippen LogP contribution in [0.3, 0.4) is 0 Å². The number of rotatable bonds is 7. The Morgan fingerprint density at radius 1 is 1.20 bits per heavy atom. The van der Waals surface area contributed by atoms with E-state index in [9.17, 15) is 8.78 Å². The van der Waals surface area contributed by atoms with Crippen molar-refractivity contribution in [3.05, 3.63) is 29.8 Å². The second kappa shape index (κ2) is 7.55. The number of methoxy groups -OCH3 is 1. The van der Waals surface area contributed by atoms with Gasteiger partial charge in [0.05, 0.1) is 13.2 Å². The summed E-state index contributed by atoms with van der Waals surface area (Å²) in [6.07, 6.45) is -2.96. The summed E-state index contributed by atoms with van der Waals surface area (Å²) < 4.78 is 35.4. The summed E-state index contributed by atoms with van der Waals surface area (Å²) in [5.74, 6) is 0.641. The van der Waals surface area contributed by atoms with E-state index in [1.54, 1.807) is 13.2 Å². The van der Waals surface area contributed by atoms with Crippen LogP contribution in [-0.4, -0.2) is 32.2 Å². The van der Waals surface area contributed by atoms with Crippen molar-refractivity contribution in [2.75, 3.05) is 20.3 Å². The first-order valence-electron chi connectivity index (χ1n) is 6.61. The third-order valence-corrected chi connectivity index (χ3v) is 2.73. The van der Waals surface area contributed by atoms with Crippen molar-refractivity contribution in [3.8, 4) is 5.75 Å². The van der Waals surface area contributed by atoms with E-state index in [0.717, 1.165) is 5.56 Å². The van der Waals surface area contributed by atoms with Gasteiger partial charge in [0.1, 0.15) is 12.4 Å². The van der Waals surface area contributed by atoms with Crippen LogP contribution in [0.1, 0.15) is 32.4 Å². The van der Waals surface area contributed by atoms with Gasteiger partial charge in [-0.25, -0.2) is 8.78 Å².